The normalized spacial score (nSPS) is 12.2. The Balaban J connectivity index is 0.00000484. The fourth-order valence-corrected chi connectivity index (χ4v) is 3.77. The van der Waals surface area contributed by atoms with E-state index >= 15 is 0 Å². The van der Waals surface area contributed by atoms with Gasteiger partial charge in [0.1, 0.15) is 18.2 Å². The largest absolute Gasteiger partial charge is 0.481 e. The molecule has 2 aromatic heterocycles. The molecule has 0 aliphatic carbocycles. The van der Waals surface area contributed by atoms with E-state index in [9.17, 15) is 14.0 Å². The van der Waals surface area contributed by atoms with Gasteiger partial charge in [-0.15, -0.1) is 12.4 Å². The van der Waals surface area contributed by atoms with E-state index in [1.54, 1.807) is 19.1 Å². The summed E-state index contributed by atoms with van der Waals surface area (Å²) in [5, 5.41) is 10.6. The zero-order valence-electron chi connectivity index (χ0n) is 23.3. The molecular formula is C28H32ClFN6O6. The Hall–Kier alpha value is -4.36. The van der Waals surface area contributed by atoms with E-state index in [1.165, 1.54) is 12.1 Å². The summed E-state index contributed by atoms with van der Waals surface area (Å²) in [5.74, 6) is -0.00775. The van der Waals surface area contributed by atoms with E-state index in [4.69, 9.17) is 24.3 Å². The van der Waals surface area contributed by atoms with Crippen molar-refractivity contribution in [3.8, 4) is 28.5 Å². The van der Waals surface area contributed by atoms with E-state index in [2.05, 4.69) is 25.6 Å². The van der Waals surface area contributed by atoms with Crippen molar-refractivity contribution >= 4 is 24.3 Å². The number of aromatic nitrogens is 4. The minimum Gasteiger partial charge on any atom is -0.481 e. The SMILES string of the molecule is CCc1nc(-c2ccc(OC(CC)c3nc(-c4ccc(C(=O)N[C@H](CC)COC(=O)CN)c(F)c4)no3)cc2)no1.Cl. The van der Waals surface area contributed by atoms with Gasteiger partial charge in [0.2, 0.25) is 17.5 Å². The van der Waals surface area contributed by atoms with Crippen LogP contribution in [0.4, 0.5) is 4.39 Å². The van der Waals surface area contributed by atoms with Crippen molar-refractivity contribution in [2.75, 3.05) is 13.2 Å². The van der Waals surface area contributed by atoms with Crippen molar-refractivity contribution in [1.29, 1.82) is 0 Å². The zero-order valence-corrected chi connectivity index (χ0v) is 24.2. The Morgan fingerprint density at radius 1 is 0.976 bits per heavy atom. The molecule has 2 heterocycles. The predicted molar refractivity (Wildman–Crippen MR) is 151 cm³/mol. The van der Waals surface area contributed by atoms with Gasteiger partial charge < -0.3 is 29.6 Å². The van der Waals surface area contributed by atoms with Crippen LogP contribution in [0.15, 0.2) is 51.5 Å². The highest BCUT2D eigenvalue weighted by molar-refractivity contribution is 5.95. The lowest BCUT2D eigenvalue weighted by Gasteiger charge is -2.17. The first kappa shape index (κ1) is 32.2. The summed E-state index contributed by atoms with van der Waals surface area (Å²) in [4.78, 5) is 32.6. The number of nitrogens with two attached hydrogens (primary N) is 1. The third-order valence-electron chi connectivity index (χ3n) is 6.16. The molecule has 0 saturated carbocycles. The molecule has 0 saturated heterocycles. The van der Waals surface area contributed by atoms with Crippen LogP contribution in [0.1, 0.15) is 61.9 Å². The molecule has 0 spiro atoms. The van der Waals surface area contributed by atoms with Crippen LogP contribution in [0.25, 0.3) is 22.8 Å². The lowest BCUT2D eigenvalue weighted by molar-refractivity contribution is -0.142. The second-order valence-corrected chi connectivity index (χ2v) is 9.02. The second kappa shape index (κ2) is 15.0. The van der Waals surface area contributed by atoms with E-state index in [-0.39, 0.29) is 42.8 Å². The van der Waals surface area contributed by atoms with Crippen LogP contribution in [0.3, 0.4) is 0 Å². The van der Waals surface area contributed by atoms with Crippen LogP contribution in [-0.2, 0) is 16.0 Å². The van der Waals surface area contributed by atoms with E-state index in [0.717, 1.165) is 11.6 Å². The summed E-state index contributed by atoms with van der Waals surface area (Å²) in [6.07, 6.45) is 1.10. The second-order valence-electron chi connectivity index (χ2n) is 9.02. The van der Waals surface area contributed by atoms with Crippen LogP contribution >= 0.6 is 12.4 Å². The first-order valence-corrected chi connectivity index (χ1v) is 13.2. The molecule has 12 nitrogen and oxygen atoms in total. The number of hydrogen-bond acceptors (Lipinski definition) is 11. The number of esters is 1. The van der Waals surface area contributed by atoms with Gasteiger partial charge in [-0.2, -0.15) is 9.97 Å². The number of nitrogens with zero attached hydrogens (tertiary/aromatic N) is 4. The molecule has 0 aliphatic rings. The average molecular weight is 603 g/mol. The maximum absolute atomic E-state index is 14.9. The summed E-state index contributed by atoms with van der Waals surface area (Å²) in [5.41, 5.74) is 6.15. The molecule has 0 aliphatic heterocycles. The van der Waals surface area contributed by atoms with E-state index < -0.39 is 29.8 Å². The van der Waals surface area contributed by atoms with Crippen LogP contribution < -0.4 is 15.8 Å². The minimum absolute atomic E-state index is 0. The molecule has 1 amide bonds. The van der Waals surface area contributed by atoms with Gasteiger partial charge in [-0.05, 0) is 49.2 Å². The third kappa shape index (κ3) is 7.89. The number of ether oxygens (including phenoxy) is 2. The highest BCUT2D eigenvalue weighted by Gasteiger charge is 2.22. The molecule has 2 aromatic carbocycles. The Labute approximate surface area is 247 Å². The van der Waals surface area contributed by atoms with Crippen molar-refractivity contribution in [3.05, 3.63) is 65.6 Å². The summed E-state index contributed by atoms with van der Waals surface area (Å²) in [6.45, 7) is 5.31. The molecule has 0 bridgehead atoms. The summed E-state index contributed by atoms with van der Waals surface area (Å²) in [6, 6.07) is 10.7. The van der Waals surface area contributed by atoms with Crippen LogP contribution in [0.5, 0.6) is 5.75 Å². The number of carbonyl (C=O) groups excluding carboxylic acids is 2. The first-order chi connectivity index (χ1) is 19.8. The molecule has 3 N–H and O–H groups in total. The molecule has 1 unspecified atom stereocenters. The van der Waals surface area contributed by atoms with Gasteiger partial charge >= 0.3 is 5.97 Å². The van der Waals surface area contributed by atoms with Gasteiger partial charge in [-0.1, -0.05) is 37.2 Å². The van der Waals surface area contributed by atoms with Crippen LogP contribution in [0, 0.1) is 5.82 Å². The van der Waals surface area contributed by atoms with Crippen molar-refractivity contribution in [3.63, 3.8) is 0 Å². The van der Waals surface area contributed by atoms with Crippen LogP contribution in [-0.4, -0.2) is 51.4 Å². The minimum atomic E-state index is -0.767. The van der Waals surface area contributed by atoms with Gasteiger partial charge in [0, 0.05) is 17.5 Å². The summed E-state index contributed by atoms with van der Waals surface area (Å²) in [7, 11) is 0. The first-order valence-electron chi connectivity index (χ1n) is 13.2. The number of rotatable bonds is 13. The fourth-order valence-electron chi connectivity index (χ4n) is 3.77. The average Bonchev–Trinajstić information content (AvgIpc) is 3.68. The Bertz CT molecular complexity index is 1480. The van der Waals surface area contributed by atoms with Gasteiger partial charge in [-0.25, -0.2) is 4.39 Å². The number of benzene rings is 2. The van der Waals surface area contributed by atoms with Gasteiger partial charge in [0.15, 0.2) is 6.10 Å². The molecule has 4 aromatic rings. The maximum atomic E-state index is 14.9. The van der Waals surface area contributed by atoms with Gasteiger partial charge in [-0.3, -0.25) is 9.59 Å². The molecule has 0 fully saturated rings. The van der Waals surface area contributed by atoms with Crippen molar-refractivity contribution in [2.24, 2.45) is 5.73 Å². The Kier molecular flexibility index (Phi) is 11.5. The molecule has 224 valence electrons. The zero-order chi connectivity index (χ0) is 29.4. The molecule has 0 radical (unpaired) electrons. The van der Waals surface area contributed by atoms with Crippen molar-refractivity contribution < 1.29 is 32.5 Å². The molecule has 42 heavy (non-hydrogen) atoms. The smallest absolute Gasteiger partial charge is 0.319 e. The highest BCUT2D eigenvalue weighted by Crippen LogP contribution is 2.28. The quantitative estimate of drug-likeness (QED) is 0.207. The lowest BCUT2D eigenvalue weighted by atomic mass is 10.1. The predicted octanol–water partition coefficient (Wildman–Crippen LogP) is 4.45. The standard InChI is InChI=1S/C28H31FN6O6.ClH/c1-4-18(15-38-24(36)14-30)31-27(37)20-12-9-17(13-21(20)29)26-33-28(41-35-26)22(5-2)39-19-10-7-16(8-11-19)25-32-23(6-3)40-34-25;/h7-13,18,22H,4-6,14-15,30H2,1-3H3,(H,31,37);1H/t18-,22?;/m1./s1. The lowest BCUT2D eigenvalue weighted by Crippen LogP contribution is -2.39. The molecule has 14 heteroatoms. The highest BCUT2D eigenvalue weighted by atomic mass is 35.5. The van der Waals surface area contributed by atoms with E-state index in [1.807, 2.05) is 26.0 Å². The Morgan fingerprint density at radius 3 is 2.29 bits per heavy atom. The molecular weight excluding hydrogens is 571 g/mol. The third-order valence-corrected chi connectivity index (χ3v) is 6.16. The summed E-state index contributed by atoms with van der Waals surface area (Å²) < 4.78 is 36.5. The fraction of sp³-hybridized carbons (Fsp3) is 0.357. The molecule has 2 atom stereocenters. The Morgan fingerprint density at radius 2 is 1.67 bits per heavy atom. The topological polar surface area (TPSA) is 168 Å². The number of nitrogens with one attached hydrogen (secondary N) is 1. The number of carbonyl (C=O) groups is 2. The number of amides is 1. The summed E-state index contributed by atoms with van der Waals surface area (Å²) >= 11 is 0. The van der Waals surface area contributed by atoms with Crippen molar-refractivity contribution in [2.45, 2.75) is 52.2 Å². The molecule has 4 rings (SSSR count). The van der Waals surface area contributed by atoms with Crippen LogP contribution in [0.2, 0.25) is 0 Å². The van der Waals surface area contributed by atoms with Crippen molar-refractivity contribution in [1.82, 2.24) is 25.6 Å². The van der Waals surface area contributed by atoms with Gasteiger partial charge in [0.05, 0.1) is 18.2 Å². The van der Waals surface area contributed by atoms with Gasteiger partial charge in [0.25, 0.3) is 11.8 Å². The number of halogens is 2. The number of hydrogen-bond donors (Lipinski definition) is 2. The number of aryl methyl sites for hydroxylation is 1. The van der Waals surface area contributed by atoms with E-state index in [0.29, 0.717) is 42.3 Å². The maximum Gasteiger partial charge on any atom is 0.319 e. The monoisotopic (exact) mass is 602 g/mol.